The van der Waals surface area contributed by atoms with Crippen molar-refractivity contribution < 1.29 is 13.5 Å². The molecule has 0 aliphatic carbocycles. The summed E-state index contributed by atoms with van der Waals surface area (Å²) in [5.74, 6) is 0.855. The lowest BCUT2D eigenvalue weighted by atomic mass is 10.0. The molecule has 25 heavy (non-hydrogen) atoms. The van der Waals surface area contributed by atoms with Crippen molar-refractivity contribution in [2.45, 2.75) is 12.0 Å². The fourth-order valence-electron chi connectivity index (χ4n) is 2.89. The summed E-state index contributed by atoms with van der Waals surface area (Å²) < 4.78 is 23.3. The molecule has 130 valence electrons. The van der Waals surface area contributed by atoms with E-state index >= 15 is 0 Å². The van der Waals surface area contributed by atoms with Gasteiger partial charge in [-0.2, -0.15) is 0 Å². The summed E-state index contributed by atoms with van der Waals surface area (Å²) in [5, 5.41) is 16.4. The second-order valence-corrected chi connectivity index (χ2v) is 9.25. The summed E-state index contributed by atoms with van der Waals surface area (Å²) in [5.41, 5.74) is -0.611. The molecule has 0 spiro atoms. The lowest BCUT2D eigenvalue weighted by molar-refractivity contribution is 0.0815. The minimum Gasteiger partial charge on any atom is -0.387 e. The van der Waals surface area contributed by atoms with Gasteiger partial charge in [0.1, 0.15) is 16.3 Å². The Labute approximate surface area is 148 Å². The highest BCUT2D eigenvalue weighted by Crippen LogP contribution is 2.29. The molecule has 0 aromatic carbocycles. The van der Waals surface area contributed by atoms with Gasteiger partial charge in [0.05, 0.1) is 22.5 Å². The third-order valence-corrected chi connectivity index (χ3v) is 6.78. The lowest BCUT2D eigenvalue weighted by Crippen LogP contribution is -2.38. The van der Waals surface area contributed by atoms with Gasteiger partial charge in [0.2, 0.25) is 0 Å². The molecule has 7 nitrogen and oxygen atoms in total. The normalized spacial score (nSPS) is 22.3. The average molecular weight is 376 g/mol. The second-order valence-electron chi connectivity index (χ2n) is 6.17. The fraction of sp³-hybridized carbons (Fsp3) is 0.312. The molecule has 1 atom stereocenters. The molecule has 1 unspecified atom stereocenters. The van der Waals surface area contributed by atoms with Gasteiger partial charge >= 0.3 is 0 Å². The minimum absolute atomic E-state index is 0.0159. The highest BCUT2D eigenvalue weighted by atomic mass is 32.2. The zero-order valence-corrected chi connectivity index (χ0v) is 14.8. The van der Waals surface area contributed by atoms with E-state index in [9.17, 15) is 13.5 Å². The lowest BCUT2D eigenvalue weighted by Gasteiger charge is -2.21. The van der Waals surface area contributed by atoms with Gasteiger partial charge in [-0.15, -0.1) is 11.3 Å². The maximum absolute atomic E-state index is 11.6. The highest BCUT2D eigenvalue weighted by molar-refractivity contribution is 7.91. The van der Waals surface area contributed by atoms with E-state index in [1.807, 2.05) is 29.6 Å². The van der Waals surface area contributed by atoms with Crippen LogP contribution in [0.25, 0.3) is 21.7 Å². The van der Waals surface area contributed by atoms with Gasteiger partial charge in [-0.25, -0.2) is 18.4 Å². The van der Waals surface area contributed by atoms with Crippen LogP contribution in [0.15, 0.2) is 35.8 Å². The van der Waals surface area contributed by atoms with Crippen molar-refractivity contribution in [1.82, 2.24) is 15.0 Å². The zero-order chi connectivity index (χ0) is 17.5. The van der Waals surface area contributed by atoms with Crippen LogP contribution in [0.5, 0.6) is 0 Å². The highest BCUT2D eigenvalue weighted by Gasteiger charge is 2.40. The van der Waals surface area contributed by atoms with E-state index in [0.717, 1.165) is 10.2 Å². The molecule has 3 aromatic rings. The molecule has 0 bridgehead atoms. The quantitative estimate of drug-likeness (QED) is 0.714. The molecule has 4 rings (SSSR count). The SMILES string of the molecule is O=S1(=O)CCC(O)(CNc2nc(-c3ccccn3)nc3sccc23)C1. The van der Waals surface area contributed by atoms with Crippen molar-refractivity contribution in [1.29, 1.82) is 0 Å². The van der Waals surface area contributed by atoms with Crippen LogP contribution in [-0.2, 0) is 9.84 Å². The molecule has 3 aromatic heterocycles. The van der Waals surface area contributed by atoms with Gasteiger partial charge in [-0.1, -0.05) is 6.07 Å². The Morgan fingerprint density at radius 3 is 2.88 bits per heavy atom. The van der Waals surface area contributed by atoms with E-state index in [-0.39, 0.29) is 24.5 Å². The van der Waals surface area contributed by atoms with Gasteiger partial charge in [-0.05, 0) is 30.0 Å². The molecule has 9 heteroatoms. The van der Waals surface area contributed by atoms with Gasteiger partial charge in [0.25, 0.3) is 0 Å². The van der Waals surface area contributed by atoms with Crippen molar-refractivity contribution in [3.63, 3.8) is 0 Å². The Morgan fingerprint density at radius 2 is 2.16 bits per heavy atom. The molecule has 1 saturated heterocycles. The topological polar surface area (TPSA) is 105 Å². The molecular formula is C16H16N4O3S2. The standard InChI is InChI=1S/C16H16N4O3S2/c21-16(5-8-25(22,23)10-16)9-18-13-11-4-7-24-15(11)20-14(19-13)12-3-1-2-6-17-12/h1-4,6-7,21H,5,8-10H2,(H,18,19,20). The van der Waals surface area contributed by atoms with E-state index in [1.54, 1.807) is 6.20 Å². The fourth-order valence-corrected chi connectivity index (χ4v) is 5.55. The second kappa shape index (κ2) is 6.01. The van der Waals surface area contributed by atoms with E-state index in [2.05, 4.69) is 20.3 Å². The molecule has 2 N–H and O–H groups in total. The monoisotopic (exact) mass is 376 g/mol. The predicted molar refractivity (Wildman–Crippen MR) is 97.4 cm³/mol. The zero-order valence-electron chi connectivity index (χ0n) is 13.2. The summed E-state index contributed by atoms with van der Waals surface area (Å²) in [7, 11) is -3.17. The molecule has 1 aliphatic heterocycles. The number of hydrogen-bond acceptors (Lipinski definition) is 8. The summed E-state index contributed by atoms with van der Waals surface area (Å²) >= 11 is 1.49. The number of hydrogen-bond donors (Lipinski definition) is 2. The van der Waals surface area contributed by atoms with Crippen LogP contribution in [0.1, 0.15) is 6.42 Å². The number of anilines is 1. The summed E-state index contributed by atoms with van der Waals surface area (Å²) in [6.45, 7) is 0.121. The maximum Gasteiger partial charge on any atom is 0.181 e. The van der Waals surface area contributed by atoms with Crippen molar-refractivity contribution in [3.8, 4) is 11.5 Å². The molecule has 0 amide bonds. The van der Waals surface area contributed by atoms with Gasteiger partial charge in [0, 0.05) is 12.7 Å². The van der Waals surface area contributed by atoms with E-state index in [0.29, 0.717) is 17.3 Å². The minimum atomic E-state index is -3.17. The number of nitrogens with one attached hydrogen (secondary N) is 1. The largest absolute Gasteiger partial charge is 0.387 e. The molecule has 0 saturated carbocycles. The van der Waals surface area contributed by atoms with Crippen LogP contribution in [0, 0.1) is 0 Å². The smallest absolute Gasteiger partial charge is 0.181 e. The Kier molecular flexibility index (Phi) is 3.94. The Morgan fingerprint density at radius 1 is 1.28 bits per heavy atom. The molecule has 1 fully saturated rings. The summed E-state index contributed by atoms with van der Waals surface area (Å²) in [6, 6.07) is 7.42. The third-order valence-electron chi connectivity index (χ3n) is 4.17. The Bertz CT molecular complexity index is 1020. The van der Waals surface area contributed by atoms with E-state index in [1.165, 1.54) is 11.3 Å². The van der Waals surface area contributed by atoms with Gasteiger partial charge in [-0.3, -0.25) is 4.98 Å². The van der Waals surface area contributed by atoms with Crippen molar-refractivity contribution in [3.05, 3.63) is 35.8 Å². The van der Waals surface area contributed by atoms with E-state index in [4.69, 9.17) is 0 Å². The van der Waals surface area contributed by atoms with E-state index < -0.39 is 15.4 Å². The maximum atomic E-state index is 11.6. The number of aromatic nitrogens is 3. The number of thiophene rings is 1. The van der Waals surface area contributed by atoms with Crippen LogP contribution >= 0.6 is 11.3 Å². The van der Waals surface area contributed by atoms with Crippen LogP contribution in [0.2, 0.25) is 0 Å². The summed E-state index contributed by atoms with van der Waals surface area (Å²) in [6.07, 6.45) is 1.91. The van der Waals surface area contributed by atoms with Crippen molar-refractivity contribution in [2.24, 2.45) is 0 Å². The Hall–Kier alpha value is -2.10. The third kappa shape index (κ3) is 3.35. The number of nitrogens with zero attached hydrogens (tertiary/aromatic N) is 3. The first kappa shape index (κ1) is 16.4. The molecule has 4 heterocycles. The number of fused-ring (bicyclic) bond motifs is 1. The molecule has 0 radical (unpaired) electrons. The van der Waals surface area contributed by atoms with Crippen LogP contribution in [-0.4, -0.2) is 52.1 Å². The van der Waals surface area contributed by atoms with Crippen LogP contribution < -0.4 is 5.32 Å². The number of pyridine rings is 1. The van der Waals surface area contributed by atoms with Gasteiger partial charge in [0.15, 0.2) is 15.7 Å². The number of sulfone groups is 1. The number of aliphatic hydroxyl groups is 1. The molecular weight excluding hydrogens is 360 g/mol. The van der Waals surface area contributed by atoms with Crippen LogP contribution in [0.4, 0.5) is 5.82 Å². The van der Waals surface area contributed by atoms with Crippen molar-refractivity contribution in [2.75, 3.05) is 23.4 Å². The van der Waals surface area contributed by atoms with Crippen molar-refractivity contribution >= 4 is 37.2 Å². The average Bonchev–Trinajstić information content (AvgIpc) is 3.17. The first-order chi connectivity index (χ1) is 11.9. The number of rotatable bonds is 4. The summed E-state index contributed by atoms with van der Waals surface area (Å²) in [4.78, 5) is 14.2. The van der Waals surface area contributed by atoms with Gasteiger partial charge < -0.3 is 10.4 Å². The molecule has 1 aliphatic rings. The Balaban J connectivity index is 1.66. The first-order valence-corrected chi connectivity index (χ1v) is 10.5. The predicted octanol–water partition coefficient (Wildman–Crippen LogP) is 1.71. The van der Waals surface area contributed by atoms with Crippen LogP contribution in [0.3, 0.4) is 0 Å². The first-order valence-electron chi connectivity index (χ1n) is 7.78.